The number of Topliss-reactive ketones (excluding diaryl/α,β-unsaturated/α-hetero) is 2. The Bertz CT molecular complexity index is 1590. The lowest BCUT2D eigenvalue weighted by Gasteiger charge is -2.27. The number of hydrazine groups is 1. The van der Waals surface area contributed by atoms with Crippen molar-refractivity contribution in [1.29, 1.82) is 0 Å². The van der Waals surface area contributed by atoms with Crippen LogP contribution in [0.5, 0.6) is 0 Å². The number of hydrogen-bond acceptors (Lipinski definition) is 18. The van der Waals surface area contributed by atoms with Crippen LogP contribution in [-0.2, 0) is 52.7 Å². The van der Waals surface area contributed by atoms with Crippen molar-refractivity contribution in [2.24, 2.45) is 17.3 Å². The van der Waals surface area contributed by atoms with Gasteiger partial charge in [-0.25, -0.2) is 5.43 Å². The molecule has 1 heterocycles. The van der Waals surface area contributed by atoms with Crippen LogP contribution in [0.4, 0.5) is 0 Å². The number of aliphatic hydroxyl groups is 4. The zero-order valence-electron chi connectivity index (χ0n) is 32.6. The summed E-state index contributed by atoms with van der Waals surface area (Å²) in [6.45, 7) is -2.23. The summed E-state index contributed by atoms with van der Waals surface area (Å²) in [7, 11) is 0. The predicted octanol–water partition coefficient (Wildman–Crippen LogP) is -9.14. The number of ketones is 2. The molecule has 0 spiro atoms. The zero-order chi connectivity index (χ0) is 45.7. The Kier molecular flexibility index (Phi) is 23.0. The highest BCUT2D eigenvalue weighted by atomic mass is 16.4. The van der Waals surface area contributed by atoms with Crippen molar-refractivity contribution >= 4 is 64.8 Å². The van der Waals surface area contributed by atoms with Crippen LogP contribution in [0.2, 0.25) is 0 Å². The standard InChI is InChI=1S/C33H55N11O16.2H2/c1-14(48)25(44-36)33(60)41-18(10-22(34)49)26(53)27(54)19(11-45)38-16-4-2-3-9-37-23(50)7-5-15(28(35)55)39-31(58)20(12-46)43-30(57)17(6-8-24(51)52)40-32(59)21(13-47)42-29(16)56;;/h14-21,25,38,44-48H,2-13,36H2,1H3,(H2,34,49)(H2,35,55)(H,37,50)(H,39,58)(H,40,59)(H,41,60)(H,42,56)(H,43,57)(H,51,52);2*1H/t14-,15?,16?,17+,18?,19+,20?,21?,25+;;/m1../s1. The van der Waals surface area contributed by atoms with Gasteiger partial charge in [0, 0.05) is 22.2 Å². The molecule has 1 fully saturated rings. The second kappa shape index (κ2) is 26.4. The Morgan fingerprint density at radius 1 is 0.800 bits per heavy atom. The van der Waals surface area contributed by atoms with Gasteiger partial charge < -0.3 is 68.9 Å². The van der Waals surface area contributed by atoms with Crippen LogP contribution in [0, 0.1) is 0 Å². The minimum atomic E-state index is -1.93. The van der Waals surface area contributed by atoms with E-state index in [0.717, 1.165) is 0 Å². The van der Waals surface area contributed by atoms with Gasteiger partial charge in [0.05, 0.1) is 44.4 Å². The summed E-state index contributed by atoms with van der Waals surface area (Å²) in [5.74, 6) is -7.78. The number of carbonyl (C=O) groups is 11. The SMILES string of the molecule is C[C@@H](O)[C@H](NN)C(=O)NC(CC(N)=O)C(=O)C(=O)[C@H](CO)NC1CCCCNC(=O)CCC(C(N)=O)NC(=O)C(CO)NC(=O)[C@H](CCC(=O)O)NC(=O)C(CO)NC1=O.[HH].[HH]. The molecule has 0 saturated carbocycles. The number of carbonyl (C=O) groups excluding carboxylic acids is 10. The van der Waals surface area contributed by atoms with E-state index in [1.54, 1.807) is 0 Å². The van der Waals surface area contributed by atoms with Crippen LogP contribution in [-0.4, -0.2) is 171 Å². The molecule has 1 aliphatic heterocycles. The van der Waals surface area contributed by atoms with Gasteiger partial charge >= 0.3 is 5.97 Å². The summed E-state index contributed by atoms with van der Waals surface area (Å²) in [4.78, 5) is 140. The fourth-order valence-electron chi connectivity index (χ4n) is 5.56. The first-order chi connectivity index (χ1) is 28.2. The molecule has 19 N–H and O–H groups in total. The van der Waals surface area contributed by atoms with E-state index < -0.39 is 158 Å². The minimum absolute atomic E-state index is 0. The van der Waals surface area contributed by atoms with Gasteiger partial charge in [-0.05, 0) is 39.0 Å². The van der Waals surface area contributed by atoms with E-state index in [9.17, 15) is 78.3 Å². The third-order valence-corrected chi connectivity index (χ3v) is 8.92. The molecule has 9 atom stereocenters. The van der Waals surface area contributed by atoms with Gasteiger partial charge in [-0.15, -0.1) is 0 Å². The highest BCUT2D eigenvalue weighted by Gasteiger charge is 2.38. The van der Waals surface area contributed by atoms with Crippen LogP contribution in [0.25, 0.3) is 0 Å². The van der Waals surface area contributed by atoms with Gasteiger partial charge in [0.15, 0.2) is 0 Å². The maximum absolute atomic E-state index is 13.7. The van der Waals surface area contributed by atoms with E-state index in [1.807, 2.05) is 5.43 Å². The molecule has 27 nitrogen and oxygen atoms in total. The van der Waals surface area contributed by atoms with Crippen molar-refractivity contribution in [3.63, 3.8) is 0 Å². The maximum Gasteiger partial charge on any atom is 0.303 e. The molecule has 0 radical (unpaired) electrons. The van der Waals surface area contributed by atoms with Crippen LogP contribution < -0.4 is 60.0 Å². The van der Waals surface area contributed by atoms with Gasteiger partial charge in [-0.3, -0.25) is 63.9 Å². The number of carboxylic acids is 1. The average Bonchev–Trinajstić information content (AvgIpc) is 3.18. The number of nitrogens with one attached hydrogen (secondary N) is 8. The Labute approximate surface area is 345 Å². The second-order valence-electron chi connectivity index (χ2n) is 13.6. The summed E-state index contributed by atoms with van der Waals surface area (Å²) in [6.07, 6.45) is -4.42. The summed E-state index contributed by atoms with van der Waals surface area (Å²) in [5, 5.41) is 64.8. The molecule has 0 aromatic carbocycles. The van der Waals surface area contributed by atoms with Crippen LogP contribution in [0.1, 0.15) is 61.1 Å². The minimum Gasteiger partial charge on any atom is -0.481 e. The first-order valence-corrected chi connectivity index (χ1v) is 18.6. The quantitative estimate of drug-likeness (QED) is 0.0345. The highest BCUT2D eigenvalue weighted by Crippen LogP contribution is 2.09. The maximum atomic E-state index is 13.7. The second-order valence-corrected chi connectivity index (χ2v) is 13.6. The van der Waals surface area contributed by atoms with Gasteiger partial charge in [-0.2, -0.15) is 0 Å². The van der Waals surface area contributed by atoms with Crippen LogP contribution in [0.3, 0.4) is 0 Å². The largest absolute Gasteiger partial charge is 0.481 e. The van der Waals surface area contributed by atoms with E-state index in [1.165, 1.54) is 6.92 Å². The zero-order valence-corrected chi connectivity index (χ0v) is 32.6. The summed E-state index contributed by atoms with van der Waals surface area (Å²) >= 11 is 0. The topological polar surface area (TPSA) is 463 Å². The van der Waals surface area contributed by atoms with E-state index >= 15 is 0 Å². The molecule has 8 amide bonds. The van der Waals surface area contributed by atoms with Crippen LogP contribution in [0.15, 0.2) is 0 Å². The summed E-state index contributed by atoms with van der Waals surface area (Å²) in [5.41, 5.74) is 12.6. The first kappa shape index (κ1) is 52.3. The van der Waals surface area contributed by atoms with Gasteiger partial charge in [0.25, 0.3) is 0 Å². The fourth-order valence-corrected chi connectivity index (χ4v) is 5.56. The molecule has 5 unspecified atom stereocenters. The van der Waals surface area contributed by atoms with E-state index in [-0.39, 0.29) is 41.5 Å². The number of amides is 8. The molecule has 0 aromatic rings. The number of aliphatic hydroxyl groups excluding tert-OH is 4. The monoisotopic (exact) mass is 865 g/mol. The Morgan fingerprint density at radius 2 is 1.35 bits per heavy atom. The highest BCUT2D eigenvalue weighted by molar-refractivity contribution is 6.41. The number of hydrogen-bond donors (Lipinski definition) is 16. The first-order valence-electron chi connectivity index (χ1n) is 18.6. The normalized spacial score (nSPS) is 23.6. The molecule has 1 aliphatic rings. The molecule has 342 valence electrons. The molecular weight excluding hydrogens is 806 g/mol. The van der Waals surface area contributed by atoms with Crippen LogP contribution >= 0.6 is 0 Å². The fraction of sp³-hybridized carbons (Fsp3) is 0.667. The molecule has 60 heavy (non-hydrogen) atoms. The van der Waals surface area contributed by atoms with Gasteiger partial charge in [0.1, 0.15) is 36.3 Å². The molecule has 0 bridgehead atoms. The molecule has 1 saturated heterocycles. The van der Waals surface area contributed by atoms with E-state index in [0.29, 0.717) is 0 Å². The molecular formula is C33H59N11O16. The third-order valence-electron chi connectivity index (χ3n) is 8.92. The van der Waals surface area contributed by atoms with Gasteiger partial charge in [0.2, 0.25) is 58.8 Å². The Morgan fingerprint density at radius 3 is 1.87 bits per heavy atom. The molecule has 0 aliphatic carbocycles. The average molecular weight is 866 g/mol. The van der Waals surface area contributed by atoms with E-state index in [2.05, 4.69) is 37.2 Å². The van der Waals surface area contributed by atoms with Crippen molar-refractivity contribution in [3.8, 4) is 0 Å². The summed E-state index contributed by atoms with van der Waals surface area (Å²) < 4.78 is 0. The lowest BCUT2D eigenvalue weighted by molar-refractivity contribution is -0.142. The van der Waals surface area contributed by atoms with Gasteiger partial charge in [-0.1, -0.05) is 0 Å². The molecule has 1 rings (SSSR count). The third kappa shape index (κ3) is 17.6. The Hall–Kier alpha value is -5.71. The predicted molar refractivity (Wildman–Crippen MR) is 205 cm³/mol. The Balaban J connectivity index is 0. The van der Waals surface area contributed by atoms with Crippen molar-refractivity contribution < 1.29 is 81.1 Å². The number of carboxylic acid groups (broad SMARTS) is 1. The van der Waals surface area contributed by atoms with Crippen molar-refractivity contribution in [2.75, 3.05) is 26.4 Å². The number of rotatable bonds is 18. The lowest BCUT2D eigenvalue weighted by Crippen LogP contribution is -2.61. The van der Waals surface area contributed by atoms with E-state index in [4.69, 9.17) is 17.3 Å². The smallest absolute Gasteiger partial charge is 0.303 e. The number of aliphatic carboxylic acids is 1. The van der Waals surface area contributed by atoms with Crippen molar-refractivity contribution in [2.45, 2.75) is 113 Å². The van der Waals surface area contributed by atoms with Crippen molar-refractivity contribution in [1.82, 2.24) is 42.6 Å². The number of primary amides is 2. The molecule has 0 aromatic heterocycles. The summed E-state index contributed by atoms with van der Waals surface area (Å²) in [6, 6.07) is -13.8. The number of nitrogens with two attached hydrogens (primary N) is 3. The molecule has 27 heteroatoms. The lowest BCUT2D eigenvalue weighted by atomic mass is 9.98. The van der Waals surface area contributed by atoms with Crippen molar-refractivity contribution in [3.05, 3.63) is 0 Å².